The summed E-state index contributed by atoms with van der Waals surface area (Å²) in [6, 6.07) is 13.6. The van der Waals surface area contributed by atoms with Crippen LogP contribution in [0.5, 0.6) is 0 Å². The van der Waals surface area contributed by atoms with Crippen molar-refractivity contribution in [2.75, 3.05) is 6.54 Å². The Hall–Kier alpha value is -1.12. The lowest BCUT2D eigenvalue weighted by molar-refractivity contribution is 0.629. The molecule has 0 spiro atoms. The highest BCUT2D eigenvalue weighted by molar-refractivity contribution is 9.10. The minimum atomic E-state index is 0.246. The normalized spacial score (nSPS) is 12.4. The molecule has 2 rings (SSSR count). The van der Waals surface area contributed by atoms with Gasteiger partial charge in [0.15, 0.2) is 0 Å². The highest BCUT2D eigenvalue weighted by Crippen LogP contribution is 2.27. The predicted molar refractivity (Wildman–Crippen MR) is 90.3 cm³/mol. The van der Waals surface area contributed by atoms with E-state index in [9.17, 15) is 0 Å². The molecule has 1 atom stereocenters. The Labute approximate surface area is 130 Å². The van der Waals surface area contributed by atoms with Crippen LogP contribution in [0.25, 0.3) is 0 Å². The van der Waals surface area contributed by atoms with Gasteiger partial charge >= 0.3 is 0 Å². The Morgan fingerprint density at radius 1 is 0.950 bits per heavy atom. The summed E-state index contributed by atoms with van der Waals surface area (Å²) in [5, 5.41) is 3.60. The Bertz CT molecular complexity index is 584. The van der Waals surface area contributed by atoms with Crippen LogP contribution in [0, 0.1) is 20.8 Å². The van der Waals surface area contributed by atoms with E-state index in [0.29, 0.717) is 0 Å². The monoisotopic (exact) mass is 331 g/mol. The van der Waals surface area contributed by atoms with Crippen LogP contribution in [0.15, 0.2) is 40.9 Å². The lowest BCUT2D eigenvalue weighted by atomic mass is 9.95. The molecule has 0 amide bonds. The lowest BCUT2D eigenvalue weighted by Crippen LogP contribution is -2.22. The van der Waals surface area contributed by atoms with Gasteiger partial charge in [-0.05, 0) is 67.3 Å². The number of hydrogen-bond donors (Lipinski definition) is 1. The molecular formula is C18H22BrN. The minimum absolute atomic E-state index is 0.246. The third-order valence-electron chi connectivity index (χ3n) is 3.67. The summed E-state index contributed by atoms with van der Waals surface area (Å²) in [5.74, 6) is 0. The Kier molecular flexibility index (Phi) is 5.00. The van der Waals surface area contributed by atoms with E-state index in [1.807, 2.05) is 0 Å². The zero-order valence-corrected chi connectivity index (χ0v) is 14.2. The Balaban J connectivity index is 2.46. The number of halogens is 1. The van der Waals surface area contributed by atoms with Gasteiger partial charge < -0.3 is 5.32 Å². The molecule has 106 valence electrons. The molecule has 2 aromatic rings. The largest absolute Gasteiger partial charge is 0.307 e. The van der Waals surface area contributed by atoms with E-state index in [1.165, 1.54) is 27.8 Å². The number of benzene rings is 2. The molecule has 2 aromatic carbocycles. The Morgan fingerprint density at radius 3 is 2.30 bits per heavy atom. The van der Waals surface area contributed by atoms with Gasteiger partial charge in [0.2, 0.25) is 0 Å². The van der Waals surface area contributed by atoms with Gasteiger partial charge in [-0.15, -0.1) is 0 Å². The highest BCUT2D eigenvalue weighted by atomic mass is 79.9. The number of aryl methyl sites for hydroxylation is 3. The minimum Gasteiger partial charge on any atom is -0.307 e. The smallest absolute Gasteiger partial charge is 0.0577 e. The maximum absolute atomic E-state index is 3.60. The highest BCUT2D eigenvalue weighted by Gasteiger charge is 2.14. The number of nitrogens with one attached hydrogen (secondary N) is 1. The van der Waals surface area contributed by atoms with Gasteiger partial charge in [-0.2, -0.15) is 0 Å². The van der Waals surface area contributed by atoms with E-state index in [4.69, 9.17) is 0 Å². The van der Waals surface area contributed by atoms with Gasteiger partial charge in [-0.3, -0.25) is 0 Å². The second-order valence-corrected chi connectivity index (χ2v) is 6.31. The summed E-state index contributed by atoms with van der Waals surface area (Å²) in [6.07, 6.45) is 0. The Morgan fingerprint density at radius 2 is 1.70 bits per heavy atom. The van der Waals surface area contributed by atoms with Crippen molar-refractivity contribution in [3.8, 4) is 0 Å². The van der Waals surface area contributed by atoms with Crippen LogP contribution in [0.1, 0.15) is 40.8 Å². The maximum Gasteiger partial charge on any atom is 0.0577 e. The van der Waals surface area contributed by atoms with Gasteiger partial charge in [0, 0.05) is 4.47 Å². The first-order valence-corrected chi connectivity index (χ1v) is 7.88. The van der Waals surface area contributed by atoms with Gasteiger partial charge in [0.05, 0.1) is 6.04 Å². The van der Waals surface area contributed by atoms with Crippen molar-refractivity contribution < 1.29 is 0 Å². The third-order valence-corrected chi connectivity index (χ3v) is 4.13. The first kappa shape index (κ1) is 15.3. The van der Waals surface area contributed by atoms with Crippen LogP contribution in [0.4, 0.5) is 0 Å². The summed E-state index contributed by atoms with van der Waals surface area (Å²) in [7, 11) is 0. The average Bonchev–Trinajstić information content (AvgIpc) is 2.38. The fourth-order valence-corrected chi connectivity index (χ4v) is 3.13. The second-order valence-electron chi connectivity index (χ2n) is 5.40. The SMILES string of the molecule is CCNC(c1cc(C)cc(Br)c1)c1ccc(C)c(C)c1. The van der Waals surface area contributed by atoms with Crippen molar-refractivity contribution >= 4 is 15.9 Å². The molecule has 0 aliphatic carbocycles. The van der Waals surface area contributed by atoms with Crippen molar-refractivity contribution in [2.45, 2.75) is 33.7 Å². The molecule has 1 N–H and O–H groups in total. The first-order valence-electron chi connectivity index (χ1n) is 7.09. The van der Waals surface area contributed by atoms with E-state index >= 15 is 0 Å². The van der Waals surface area contributed by atoms with E-state index in [1.54, 1.807) is 0 Å². The molecule has 0 bridgehead atoms. The summed E-state index contributed by atoms with van der Waals surface area (Å²) in [6.45, 7) is 9.57. The molecular weight excluding hydrogens is 310 g/mol. The molecule has 0 saturated heterocycles. The van der Waals surface area contributed by atoms with E-state index in [0.717, 1.165) is 11.0 Å². The zero-order valence-electron chi connectivity index (χ0n) is 12.6. The predicted octanol–water partition coefficient (Wildman–Crippen LogP) is 5.07. The maximum atomic E-state index is 3.60. The van der Waals surface area contributed by atoms with Gasteiger partial charge in [0.1, 0.15) is 0 Å². The van der Waals surface area contributed by atoms with Crippen LogP contribution in [0.2, 0.25) is 0 Å². The summed E-state index contributed by atoms with van der Waals surface area (Å²) < 4.78 is 1.14. The molecule has 0 heterocycles. The van der Waals surface area contributed by atoms with Crippen LogP contribution < -0.4 is 5.32 Å². The molecule has 0 fully saturated rings. The molecule has 2 heteroatoms. The molecule has 20 heavy (non-hydrogen) atoms. The van der Waals surface area contributed by atoms with Crippen molar-refractivity contribution in [3.63, 3.8) is 0 Å². The summed E-state index contributed by atoms with van der Waals surface area (Å²) in [5.41, 5.74) is 6.60. The van der Waals surface area contributed by atoms with Crippen molar-refractivity contribution in [1.82, 2.24) is 5.32 Å². The van der Waals surface area contributed by atoms with E-state index in [-0.39, 0.29) is 6.04 Å². The van der Waals surface area contributed by atoms with Crippen LogP contribution in [0.3, 0.4) is 0 Å². The first-order chi connectivity index (χ1) is 9.51. The van der Waals surface area contributed by atoms with Gasteiger partial charge in [-0.1, -0.05) is 47.1 Å². The fraction of sp³-hybridized carbons (Fsp3) is 0.333. The van der Waals surface area contributed by atoms with Crippen molar-refractivity contribution in [2.24, 2.45) is 0 Å². The van der Waals surface area contributed by atoms with Crippen LogP contribution >= 0.6 is 15.9 Å². The topological polar surface area (TPSA) is 12.0 Å². The van der Waals surface area contributed by atoms with Crippen LogP contribution in [-0.2, 0) is 0 Å². The third kappa shape index (κ3) is 3.50. The average molecular weight is 332 g/mol. The molecule has 0 radical (unpaired) electrons. The number of hydrogen-bond acceptors (Lipinski definition) is 1. The van der Waals surface area contributed by atoms with Gasteiger partial charge in [0.25, 0.3) is 0 Å². The molecule has 1 unspecified atom stereocenters. The second kappa shape index (κ2) is 6.55. The summed E-state index contributed by atoms with van der Waals surface area (Å²) in [4.78, 5) is 0. The molecule has 0 aromatic heterocycles. The quantitative estimate of drug-likeness (QED) is 0.824. The molecule has 0 saturated carbocycles. The van der Waals surface area contributed by atoms with Crippen molar-refractivity contribution in [3.05, 3.63) is 68.7 Å². The molecule has 0 aliphatic heterocycles. The lowest BCUT2D eigenvalue weighted by Gasteiger charge is -2.21. The van der Waals surface area contributed by atoms with Gasteiger partial charge in [-0.25, -0.2) is 0 Å². The number of rotatable bonds is 4. The molecule has 1 nitrogen and oxygen atoms in total. The zero-order chi connectivity index (χ0) is 14.7. The van der Waals surface area contributed by atoms with E-state index < -0.39 is 0 Å². The molecule has 0 aliphatic rings. The van der Waals surface area contributed by atoms with Crippen molar-refractivity contribution in [1.29, 1.82) is 0 Å². The van der Waals surface area contributed by atoms with E-state index in [2.05, 4.69) is 85.3 Å². The fourth-order valence-electron chi connectivity index (χ4n) is 2.51. The van der Waals surface area contributed by atoms with Crippen LogP contribution in [-0.4, -0.2) is 6.54 Å². The summed E-state index contributed by atoms with van der Waals surface area (Å²) >= 11 is 3.60. The standard InChI is InChI=1S/C18H22BrN/c1-5-20-18(15-7-6-13(3)14(4)10-15)16-8-12(2)9-17(19)11-16/h6-11,18,20H,5H2,1-4H3.